The first-order chi connectivity index (χ1) is 8.13. The van der Waals surface area contributed by atoms with Gasteiger partial charge >= 0.3 is 0 Å². The first-order valence-electron chi connectivity index (χ1n) is 6.58. The molecule has 0 heterocycles. The second kappa shape index (κ2) is 5.09. The highest BCUT2D eigenvalue weighted by atomic mass is 16.5. The standard InChI is InChI=1S/C15H23NO/c1-4-16-14-13(10-11-15(14,2)3)17-12-8-6-5-7-9-12/h5-9,13-14,16H,4,10-11H2,1-3H3. The third kappa shape index (κ3) is 2.81. The molecule has 1 N–H and O–H groups in total. The maximum Gasteiger partial charge on any atom is 0.119 e. The van der Waals surface area contributed by atoms with E-state index in [1.165, 1.54) is 6.42 Å². The maximum absolute atomic E-state index is 6.11. The summed E-state index contributed by atoms with van der Waals surface area (Å²) < 4.78 is 6.11. The summed E-state index contributed by atoms with van der Waals surface area (Å²) in [5.41, 5.74) is 0.329. The molecule has 1 aliphatic carbocycles. The Morgan fingerprint density at radius 1 is 1.29 bits per heavy atom. The van der Waals surface area contributed by atoms with E-state index in [0.717, 1.165) is 18.7 Å². The first kappa shape index (κ1) is 12.4. The van der Waals surface area contributed by atoms with Gasteiger partial charge < -0.3 is 10.1 Å². The van der Waals surface area contributed by atoms with Gasteiger partial charge in [-0.3, -0.25) is 0 Å². The zero-order valence-electron chi connectivity index (χ0n) is 11.1. The van der Waals surface area contributed by atoms with Crippen molar-refractivity contribution in [2.24, 2.45) is 5.41 Å². The lowest BCUT2D eigenvalue weighted by Gasteiger charge is -2.31. The predicted octanol–water partition coefficient (Wildman–Crippen LogP) is 3.23. The highest BCUT2D eigenvalue weighted by Crippen LogP contribution is 2.39. The van der Waals surface area contributed by atoms with Gasteiger partial charge in [0.05, 0.1) is 0 Å². The van der Waals surface area contributed by atoms with Crippen molar-refractivity contribution in [1.29, 1.82) is 0 Å². The van der Waals surface area contributed by atoms with Gasteiger partial charge in [0, 0.05) is 6.04 Å². The molecule has 2 unspecified atom stereocenters. The van der Waals surface area contributed by atoms with Gasteiger partial charge in [-0.2, -0.15) is 0 Å². The summed E-state index contributed by atoms with van der Waals surface area (Å²) in [4.78, 5) is 0. The van der Waals surface area contributed by atoms with Crippen LogP contribution < -0.4 is 10.1 Å². The van der Waals surface area contributed by atoms with Crippen molar-refractivity contribution in [3.63, 3.8) is 0 Å². The van der Waals surface area contributed by atoms with E-state index in [2.05, 4.69) is 26.1 Å². The lowest BCUT2D eigenvalue weighted by molar-refractivity contribution is 0.141. The van der Waals surface area contributed by atoms with E-state index in [9.17, 15) is 0 Å². The Morgan fingerprint density at radius 3 is 2.65 bits per heavy atom. The lowest BCUT2D eigenvalue weighted by atomic mass is 9.87. The molecular formula is C15H23NO. The zero-order chi connectivity index (χ0) is 12.3. The minimum Gasteiger partial charge on any atom is -0.489 e. The molecule has 94 valence electrons. The fourth-order valence-corrected chi connectivity index (χ4v) is 2.77. The smallest absolute Gasteiger partial charge is 0.119 e. The fourth-order valence-electron chi connectivity index (χ4n) is 2.77. The van der Waals surface area contributed by atoms with E-state index in [-0.39, 0.29) is 0 Å². The molecule has 1 aromatic carbocycles. The highest BCUT2D eigenvalue weighted by molar-refractivity contribution is 5.22. The summed E-state index contributed by atoms with van der Waals surface area (Å²) in [5, 5.41) is 3.58. The Morgan fingerprint density at radius 2 is 2.00 bits per heavy atom. The lowest BCUT2D eigenvalue weighted by Crippen LogP contribution is -2.46. The minimum atomic E-state index is 0.298. The van der Waals surface area contributed by atoms with Crippen LogP contribution in [0.25, 0.3) is 0 Å². The van der Waals surface area contributed by atoms with E-state index < -0.39 is 0 Å². The van der Waals surface area contributed by atoms with Gasteiger partial charge in [0.25, 0.3) is 0 Å². The molecule has 0 spiro atoms. The number of para-hydroxylation sites is 1. The van der Waals surface area contributed by atoms with E-state index in [1.807, 2.05) is 30.3 Å². The Labute approximate surface area is 104 Å². The van der Waals surface area contributed by atoms with Crippen LogP contribution in [-0.4, -0.2) is 18.7 Å². The van der Waals surface area contributed by atoms with Crippen molar-refractivity contribution in [1.82, 2.24) is 5.32 Å². The summed E-state index contributed by atoms with van der Waals surface area (Å²) in [7, 11) is 0. The van der Waals surface area contributed by atoms with Crippen LogP contribution in [0.4, 0.5) is 0 Å². The van der Waals surface area contributed by atoms with E-state index in [1.54, 1.807) is 0 Å². The van der Waals surface area contributed by atoms with Crippen molar-refractivity contribution in [2.75, 3.05) is 6.54 Å². The number of likely N-dealkylation sites (N-methyl/N-ethyl adjacent to an activating group) is 1. The van der Waals surface area contributed by atoms with Gasteiger partial charge in [0.2, 0.25) is 0 Å². The topological polar surface area (TPSA) is 21.3 Å². The highest BCUT2D eigenvalue weighted by Gasteiger charge is 2.42. The number of hydrogen-bond donors (Lipinski definition) is 1. The van der Waals surface area contributed by atoms with E-state index >= 15 is 0 Å². The Hall–Kier alpha value is -1.02. The summed E-state index contributed by atoms with van der Waals surface area (Å²) in [6, 6.07) is 10.6. The maximum atomic E-state index is 6.11. The Bertz CT molecular complexity index is 347. The molecule has 0 aliphatic heterocycles. The summed E-state index contributed by atoms with van der Waals surface area (Å²) in [6.45, 7) is 7.82. The quantitative estimate of drug-likeness (QED) is 0.862. The number of rotatable bonds is 4. The summed E-state index contributed by atoms with van der Waals surface area (Å²) in [5.74, 6) is 0.984. The van der Waals surface area contributed by atoms with Crippen molar-refractivity contribution >= 4 is 0 Å². The third-order valence-corrected chi connectivity index (χ3v) is 3.74. The molecule has 2 nitrogen and oxygen atoms in total. The molecule has 1 aromatic rings. The Balaban J connectivity index is 2.06. The monoisotopic (exact) mass is 233 g/mol. The molecule has 0 radical (unpaired) electrons. The average molecular weight is 233 g/mol. The molecule has 2 atom stereocenters. The van der Waals surface area contributed by atoms with Crippen LogP contribution in [0.5, 0.6) is 5.75 Å². The van der Waals surface area contributed by atoms with Gasteiger partial charge in [-0.15, -0.1) is 0 Å². The molecular weight excluding hydrogens is 210 g/mol. The molecule has 17 heavy (non-hydrogen) atoms. The molecule has 2 heteroatoms. The van der Waals surface area contributed by atoms with Crippen LogP contribution >= 0.6 is 0 Å². The first-order valence-corrected chi connectivity index (χ1v) is 6.58. The molecule has 1 aliphatic rings. The van der Waals surface area contributed by atoms with Gasteiger partial charge in [-0.05, 0) is 36.9 Å². The second-order valence-electron chi connectivity index (χ2n) is 5.53. The number of benzene rings is 1. The number of nitrogens with one attached hydrogen (secondary N) is 1. The van der Waals surface area contributed by atoms with Crippen molar-refractivity contribution in [3.05, 3.63) is 30.3 Å². The van der Waals surface area contributed by atoms with Crippen LogP contribution in [0.1, 0.15) is 33.6 Å². The van der Waals surface area contributed by atoms with Crippen molar-refractivity contribution in [2.45, 2.75) is 45.8 Å². The molecule has 0 saturated heterocycles. The summed E-state index contributed by atoms with van der Waals surface area (Å²) >= 11 is 0. The normalized spacial score (nSPS) is 27.0. The molecule has 1 saturated carbocycles. The molecule has 0 bridgehead atoms. The van der Waals surface area contributed by atoms with Gasteiger partial charge in [0.1, 0.15) is 11.9 Å². The van der Waals surface area contributed by atoms with E-state index in [0.29, 0.717) is 17.6 Å². The third-order valence-electron chi connectivity index (χ3n) is 3.74. The molecule has 2 rings (SSSR count). The second-order valence-corrected chi connectivity index (χ2v) is 5.53. The van der Waals surface area contributed by atoms with Gasteiger partial charge in [-0.25, -0.2) is 0 Å². The van der Waals surface area contributed by atoms with Crippen LogP contribution in [0.2, 0.25) is 0 Å². The van der Waals surface area contributed by atoms with Crippen LogP contribution in [-0.2, 0) is 0 Å². The van der Waals surface area contributed by atoms with Crippen LogP contribution in [0.15, 0.2) is 30.3 Å². The molecule has 0 aromatic heterocycles. The average Bonchev–Trinajstić information content (AvgIpc) is 2.58. The summed E-state index contributed by atoms with van der Waals surface area (Å²) in [6.07, 6.45) is 2.66. The van der Waals surface area contributed by atoms with Crippen LogP contribution in [0, 0.1) is 5.41 Å². The number of ether oxygens (including phenoxy) is 1. The van der Waals surface area contributed by atoms with E-state index in [4.69, 9.17) is 4.74 Å². The number of hydrogen-bond acceptors (Lipinski definition) is 2. The van der Waals surface area contributed by atoms with Crippen molar-refractivity contribution in [3.8, 4) is 5.75 Å². The Kier molecular flexibility index (Phi) is 3.72. The van der Waals surface area contributed by atoms with Crippen molar-refractivity contribution < 1.29 is 4.74 Å². The minimum absolute atomic E-state index is 0.298. The van der Waals surface area contributed by atoms with Gasteiger partial charge in [0.15, 0.2) is 0 Å². The predicted molar refractivity (Wildman–Crippen MR) is 71.3 cm³/mol. The zero-order valence-corrected chi connectivity index (χ0v) is 11.1. The SMILES string of the molecule is CCNC1C(Oc2ccccc2)CCC1(C)C. The van der Waals surface area contributed by atoms with Gasteiger partial charge in [-0.1, -0.05) is 39.0 Å². The van der Waals surface area contributed by atoms with Crippen LogP contribution in [0.3, 0.4) is 0 Å². The largest absolute Gasteiger partial charge is 0.489 e. The molecule has 0 amide bonds. The molecule has 1 fully saturated rings. The fraction of sp³-hybridized carbons (Fsp3) is 0.600.